The fraction of sp³-hybridized carbons (Fsp3) is 0.278. The van der Waals surface area contributed by atoms with Gasteiger partial charge < -0.3 is 11.1 Å². The molecule has 4 heteroatoms. The smallest absolute Gasteiger partial charge is 0.251 e. The van der Waals surface area contributed by atoms with Gasteiger partial charge in [-0.25, -0.2) is 0 Å². The summed E-state index contributed by atoms with van der Waals surface area (Å²) in [6.45, 7) is 4.70. The van der Waals surface area contributed by atoms with Crippen LogP contribution in [0.15, 0.2) is 54.6 Å². The second kappa shape index (κ2) is 8.57. The van der Waals surface area contributed by atoms with Crippen molar-refractivity contribution in [3.8, 4) is 0 Å². The van der Waals surface area contributed by atoms with E-state index in [2.05, 4.69) is 19.2 Å². The van der Waals surface area contributed by atoms with Crippen molar-refractivity contribution in [1.82, 2.24) is 5.32 Å². The molecule has 0 aliphatic carbocycles. The lowest BCUT2D eigenvalue weighted by Gasteiger charge is -2.23. The van der Waals surface area contributed by atoms with Crippen LogP contribution in [0.25, 0.3) is 0 Å². The van der Waals surface area contributed by atoms with E-state index in [9.17, 15) is 4.79 Å². The number of amides is 1. The van der Waals surface area contributed by atoms with Crippen molar-refractivity contribution >= 4 is 18.3 Å². The quantitative estimate of drug-likeness (QED) is 0.883. The van der Waals surface area contributed by atoms with Crippen LogP contribution < -0.4 is 11.1 Å². The maximum Gasteiger partial charge on any atom is 0.251 e. The Balaban J connectivity index is 0.00000242. The van der Waals surface area contributed by atoms with Gasteiger partial charge in [-0.3, -0.25) is 4.79 Å². The first-order valence-corrected chi connectivity index (χ1v) is 7.26. The normalized spacial score (nSPS) is 11.6. The summed E-state index contributed by atoms with van der Waals surface area (Å²) < 4.78 is 0. The molecular formula is C18H23ClN2O. The second-order valence-electron chi connectivity index (χ2n) is 5.51. The molecule has 2 rings (SSSR count). The van der Waals surface area contributed by atoms with Crippen molar-refractivity contribution in [3.63, 3.8) is 0 Å². The number of benzene rings is 2. The Kier molecular flexibility index (Phi) is 7.09. The highest BCUT2D eigenvalue weighted by atomic mass is 35.5. The Morgan fingerprint density at radius 1 is 1.05 bits per heavy atom. The summed E-state index contributed by atoms with van der Waals surface area (Å²) in [6, 6.07) is 17.5. The Bertz CT molecular complexity index is 582. The number of carbonyl (C=O) groups excluding carboxylic acids is 1. The van der Waals surface area contributed by atoms with Crippen molar-refractivity contribution in [2.75, 3.05) is 0 Å². The van der Waals surface area contributed by atoms with E-state index >= 15 is 0 Å². The van der Waals surface area contributed by atoms with Crippen molar-refractivity contribution in [2.45, 2.75) is 26.4 Å². The highest BCUT2D eigenvalue weighted by molar-refractivity contribution is 5.94. The van der Waals surface area contributed by atoms with E-state index in [0.29, 0.717) is 18.0 Å². The standard InChI is InChI=1S/C18H22N2O.ClH/c1-13(2)17(15-6-4-3-5-7-15)20-18(21)16-10-8-14(12-19)9-11-16;/h3-11,13,17H,12,19H2,1-2H3,(H,20,21);1H. The zero-order valence-electron chi connectivity index (χ0n) is 13.0. The highest BCUT2D eigenvalue weighted by Crippen LogP contribution is 2.21. The third kappa shape index (κ3) is 4.58. The zero-order chi connectivity index (χ0) is 15.2. The number of nitrogens with one attached hydrogen (secondary N) is 1. The van der Waals surface area contributed by atoms with Gasteiger partial charge in [0.15, 0.2) is 0 Å². The van der Waals surface area contributed by atoms with Gasteiger partial charge in [-0.1, -0.05) is 56.3 Å². The minimum atomic E-state index is -0.0545. The van der Waals surface area contributed by atoms with Gasteiger partial charge in [0.1, 0.15) is 0 Å². The van der Waals surface area contributed by atoms with E-state index in [-0.39, 0.29) is 24.4 Å². The van der Waals surface area contributed by atoms with E-state index in [4.69, 9.17) is 5.73 Å². The molecule has 2 aromatic rings. The average Bonchev–Trinajstić information content (AvgIpc) is 2.53. The number of nitrogens with two attached hydrogens (primary N) is 1. The molecule has 3 nitrogen and oxygen atoms in total. The fourth-order valence-corrected chi connectivity index (χ4v) is 2.31. The number of rotatable bonds is 5. The predicted octanol–water partition coefficient (Wildman–Crippen LogP) is 3.69. The molecule has 0 saturated heterocycles. The van der Waals surface area contributed by atoms with Gasteiger partial charge in [0.25, 0.3) is 5.91 Å². The molecule has 118 valence electrons. The third-order valence-electron chi connectivity index (χ3n) is 3.56. The van der Waals surface area contributed by atoms with Gasteiger partial charge in [0.05, 0.1) is 6.04 Å². The minimum Gasteiger partial charge on any atom is -0.345 e. The van der Waals surface area contributed by atoms with Crippen LogP contribution in [0, 0.1) is 5.92 Å². The molecule has 0 heterocycles. The Morgan fingerprint density at radius 2 is 1.64 bits per heavy atom. The van der Waals surface area contributed by atoms with Gasteiger partial charge >= 0.3 is 0 Å². The molecule has 22 heavy (non-hydrogen) atoms. The summed E-state index contributed by atoms with van der Waals surface area (Å²) in [5, 5.41) is 3.12. The monoisotopic (exact) mass is 318 g/mol. The van der Waals surface area contributed by atoms with Gasteiger partial charge in [-0.2, -0.15) is 0 Å². The highest BCUT2D eigenvalue weighted by Gasteiger charge is 2.18. The van der Waals surface area contributed by atoms with Crippen LogP contribution in [0.1, 0.15) is 41.4 Å². The lowest BCUT2D eigenvalue weighted by Crippen LogP contribution is -2.31. The molecule has 0 bridgehead atoms. The van der Waals surface area contributed by atoms with Crippen LogP contribution in [0.5, 0.6) is 0 Å². The molecule has 0 saturated carbocycles. The maximum absolute atomic E-state index is 12.4. The van der Waals surface area contributed by atoms with Crippen molar-refractivity contribution < 1.29 is 4.79 Å². The Hall–Kier alpha value is -1.84. The molecule has 0 spiro atoms. The first-order valence-electron chi connectivity index (χ1n) is 7.26. The van der Waals surface area contributed by atoms with E-state index in [1.165, 1.54) is 0 Å². The summed E-state index contributed by atoms with van der Waals surface area (Å²) in [4.78, 5) is 12.4. The maximum atomic E-state index is 12.4. The van der Waals surface area contributed by atoms with E-state index in [0.717, 1.165) is 11.1 Å². The molecular weight excluding hydrogens is 296 g/mol. The summed E-state index contributed by atoms with van der Waals surface area (Å²) in [6.07, 6.45) is 0. The van der Waals surface area contributed by atoms with Crippen molar-refractivity contribution in [1.29, 1.82) is 0 Å². The number of hydrogen-bond acceptors (Lipinski definition) is 2. The first-order chi connectivity index (χ1) is 10.1. The number of carbonyl (C=O) groups is 1. The van der Waals surface area contributed by atoms with Gasteiger partial charge in [-0.05, 0) is 29.2 Å². The Morgan fingerprint density at radius 3 is 2.14 bits per heavy atom. The fourth-order valence-electron chi connectivity index (χ4n) is 2.31. The van der Waals surface area contributed by atoms with E-state index in [1.807, 2.05) is 54.6 Å². The first kappa shape index (κ1) is 18.2. The lowest BCUT2D eigenvalue weighted by atomic mass is 9.95. The van der Waals surface area contributed by atoms with Gasteiger partial charge in [0, 0.05) is 12.1 Å². The summed E-state index contributed by atoms with van der Waals surface area (Å²) >= 11 is 0. The second-order valence-corrected chi connectivity index (χ2v) is 5.51. The van der Waals surface area contributed by atoms with Crippen LogP contribution in [-0.2, 0) is 6.54 Å². The Labute approximate surface area is 138 Å². The van der Waals surface area contributed by atoms with Crippen LogP contribution in [0.4, 0.5) is 0 Å². The predicted molar refractivity (Wildman–Crippen MR) is 93.1 cm³/mol. The van der Waals surface area contributed by atoms with Crippen LogP contribution in [-0.4, -0.2) is 5.91 Å². The zero-order valence-corrected chi connectivity index (χ0v) is 13.8. The van der Waals surface area contributed by atoms with E-state index in [1.54, 1.807) is 0 Å². The minimum absolute atomic E-state index is 0. The molecule has 0 aromatic heterocycles. The lowest BCUT2D eigenvalue weighted by molar-refractivity contribution is 0.0925. The summed E-state index contributed by atoms with van der Waals surface area (Å²) in [5.74, 6) is 0.265. The molecule has 0 aliphatic rings. The largest absolute Gasteiger partial charge is 0.345 e. The number of hydrogen-bond donors (Lipinski definition) is 2. The van der Waals surface area contributed by atoms with Crippen LogP contribution in [0.2, 0.25) is 0 Å². The molecule has 2 aromatic carbocycles. The summed E-state index contributed by atoms with van der Waals surface area (Å²) in [7, 11) is 0. The summed E-state index contributed by atoms with van der Waals surface area (Å²) in [5.41, 5.74) is 8.38. The molecule has 0 fully saturated rings. The molecule has 1 atom stereocenters. The molecule has 1 unspecified atom stereocenters. The number of halogens is 1. The molecule has 1 amide bonds. The van der Waals surface area contributed by atoms with Gasteiger partial charge in [-0.15, -0.1) is 12.4 Å². The molecule has 0 radical (unpaired) electrons. The van der Waals surface area contributed by atoms with Crippen LogP contribution in [0.3, 0.4) is 0 Å². The topological polar surface area (TPSA) is 55.1 Å². The van der Waals surface area contributed by atoms with Crippen molar-refractivity contribution in [3.05, 3.63) is 71.3 Å². The van der Waals surface area contributed by atoms with Crippen LogP contribution >= 0.6 is 12.4 Å². The van der Waals surface area contributed by atoms with Gasteiger partial charge in [0.2, 0.25) is 0 Å². The molecule has 0 aliphatic heterocycles. The van der Waals surface area contributed by atoms with Crippen molar-refractivity contribution in [2.24, 2.45) is 11.7 Å². The average molecular weight is 319 g/mol. The van der Waals surface area contributed by atoms with E-state index < -0.39 is 0 Å². The SMILES string of the molecule is CC(C)C(NC(=O)c1ccc(CN)cc1)c1ccccc1.Cl. The molecule has 3 N–H and O–H groups in total. The third-order valence-corrected chi connectivity index (χ3v) is 3.56.